The first-order valence-electron chi connectivity index (χ1n) is 3.94. The molecule has 0 amide bonds. The normalized spacial score (nSPS) is 8.00. The molecule has 0 unspecified atom stereocenters. The van der Waals surface area contributed by atoms with E-state index in [0.29, 0.717) is 0 Å². The average molecular weight is 173 g/mol. The van der Waals surface area contributed by atoms with Gasteiger partial charge in [-0.05, 0) is 18.2 Å². The first-order chi connectivity index (χ1) is 6.50. The molecule has 1 heterocycles. The Morgan fingerprint density at radius 3 is 2.46 bits per heavy atom. The monoisotopic (exact) mass is 173 g/mol. The van der Waals surface area contributed by atoms with Gasteiger partial charge in [0.2, 0.25) is 0 Å². The van der Waals surface area contributed by atoms with E-state index in [2.05, 4.69) is 15.0 Å². The van der Waals surface area contributed by atoms with Crippen molar-refractivity contribution in [2.75, 3.05) is 0 Å². The van der Waals surface area contributed by atoms with Crippen molar-refractivity contribution in [3.8, 4) is 0 Å². The number of H-pyrrole nitrogens is 1. The van der Waals surface area contributed by atoms with E-state index in [1.54, 1.807) is 37.2 Å². The lowest BCUT2D eigenvalue weighted by Gasteiger charge is -1.68. The Kier molecular flexibility index (Phi) is 4.80. The number of aromatic amines is 1. The van der Waals surface area contributed by atoms with Crippen LogP contribution in [-0.2, 0) is 0 Å². The highest BCUT2D eigenvalue weighted by atomic mass is 14.8. The third-order valence-electron chi connectivity index (χ3n) is 1.19. The third kappa shape index (κ3) is 5.38. The van der Waals surface area contributed by atoms with Crippen molar-refractivity contribution < 1.29 is 0 Å². The Morgan fingerprint density at radius 1 is 0.692 bits per heavy atom. The predicted molar refractivity (Wildman–Crippen MR) is 51.6 cm³/mol. The molecule has 0 atom stereocenters. The molecule has 0 spiro atoms. The van der Waals surface area contributed by atoms with Crippen LogP contribution >= 0.6 is 0 Å². The fourth-order valence-corrected chi connectivity index (χ4v) is 0.655. The zero-order valence-electron chi connectivity index (χ0n) is 7.17. The number of aromatic nitrogens is 3. The van der Waals surface area contributed by atoms with Crippen LogP contribution in [0.1, 0.15) is 0 Å². The molecule has 0 radical (unpaired) electrons. The van der Waals surface area contributed by atoms with Gasteiger partial charge in [-0.1, -0.05) is 12.1 Å². The van der Waals surface area contributed by atoms with Crippen molar-refractivity contribution in [1.82, 2.24) is 15.0 Å². The summed E-state index contributed by atoms with van der Waals surface area (Å²) in [6.45, 7) is 0. The highest BCUT2D eigenvalue weighted by molar-refractivity contribution is 4.88. The fraction of sp³-hybridized carbons (Fsp3) is 0. The van der Waals surface area contributed by atoms with Gasteiger partial charge in [-0.2, -0.15) is 0 Å². The lowest BCUT2D eigenvalue weighted by molar-refractivity contribution is 1.20. The van der Waals surface area contributed by atoms with Crippen molar-refractivity contribution >= 4 is 0 Å². The van der Waals surface area contributed by atoms with Gasteiger partial charge in [-0.15, -0.1) is 0 Å². The molecule has 0 aromatic carbocycles. The van der Waals surface area contributed by atoms with Crippen LogP contribution in [0, 0.1) is 0 Å². The minimum absolute atomic E-state index is 1.60. The highest BCUT2D eigenvalue weighted by Gasteiger charge is 1.58. The highest BCUT2D eigenvalue weighted by Crippen LogP contribution is 1.72. The molecule has 0 bridgehead atoms. The molecule has 3 heteroatoms. The van der Waals surface area contributed by atoms with E-state index in [4.69, 9.17) is 0 Å². The van der Waals surface area contributed by atoms with Crippen LogP contribution in [0.5, 0.6) is 0 Å². The Bertz CT molecular complexity index is 204. The molecule has 1 aromatic heterocycles. The van der Waals surface area contributed by atoms with Crippen molar-refractivity contribution in [3.63, 3.8) is 0 Å². The molecule has 1 aromatic rings. The maximum atomic E-state index is 3.97. The van der Waals surface area contributed by atoms with Gasteiger partial charge in [0.05, 0.1) is 6.33 Å². The second-order valence-electron chi connectivity index (χ2n) is 2.17. The Morgan fingerprint density at radius 2 is 1.46 bits per heavy atom. The van der Waals surface area contributed by atoms with Crippen LogP contribution < -0.4 is 0 Å². The minimum Gasteiger partial charge on any atom is -0.353 e. The standard InChI is InChI=1S/C10H11N3/c1-2-4-7-12-10-13-9-5-8-11-6-3-1/h1-10H,(H,12,13). The molecule has 66 valence electrons. The smallest absolute Gasteiger partial charge is 0.0918 e. The van der Waals surface area contributed by atoms with Crippen LogP contribution in [0.15, 0.2) is 61.4 Å². The first-order valence-corrected chi connectivity index (χ1v) is 3.94. The molecular formula is C10H11N3. The predicted octanol–water partition coefficient (Wildman–Crippen LogP) is 2.05. The van der Waals surface area contributed by atoms with Crippen LogP contribution in [0.25, 0.3) is 0 Å². The van der Waals surface area contributed by atoms with E-state index in [1.807, 2.05) is 24.3 Å². The lowest BCUT2D eigenvalue weighted by Crippen LogP contribution is -1.62. The molecule has 1 rings (SSSR count). The summed E-state index contributed by atoms with van der Waals surface area (Å²) in [5.41, 5.74) is 0. The lowest BCUT2D eigenvalue weighted by atomic mass is 10.5. The summed E-state index contributed by atoms with van der Waals surface area (Å²) in [5, 5.41) is 0. The molecule has 0 saturated carbocycles. The summed E-state index contributed by atoms with van der Waals surface area (Å²) in [5.74, 6) is 0. The Hall–Kier alpha value is -1.90. The summed E-state index contributed by atoms with van der Waals surface area (Å²) in [4.78, 5) is 10.8. The molecule has 0 aliphatic carbocycles. The fourth-order valence-electron chi connectivity index (χ4n) is 0.655. The minimum atomic E-state index is 1.60. The van der Waals surface area contributed by atoms with Crippen molar-refractivity contribution in [1.29, 1.82) is 0 Å². The van der Waals surface area contributed by atoms with Crippen molar-refractivity contribution in [2.45, 2.75) is 0 Å². The van der Waals surface area contributed by atoms with E-state index >= 15 is 0 Å². The van der Waals surface area contributed by atoms with E-state index in [1.165, 1.54) is 0 Å². The van der Waals surface area contributed by atoms with E-state index in [9.17, 15) is 0 Å². The molecule has 0 aliphatic rings. The van der Waals surface area contributed by atoms with Gasteiger partial charge in [-0.25, -0.2) is 4.98 Å². The van der Waals surface area contributed by atoms with E-state index < -0.39 is 0 Å². The second-order valence-corrected chi connectivity index (χ2v) is 2.17. The van der Waals surface area contributed by atoms with Gasteiger partial charge in [0.25, 0.3) is 0 Å². The first kappa shape index (κ1) is 9.19. The van der Waals surface area contributed by atoms with Gasteiger partial charge in [0.1, 0.15) is 0 Å². The maximum Gasteiger partial charge on any atom is 0.0918 e. The quantitative estimate of drug-likeness (QED) is 0.652. The molecule has 0 fully saturated rings. The average Bonchev–Trinajstić information content (AvgIpc) is 2.18. The summed E-state index contributed by atoms with van der Waals surface area (Å²) in [6, 6.07) is 9.29. The number of nitrogens with zero attached hydrogens (tertiary/aromatic N) is 2. The zero-order chi connectivity index (χ0) is 9.19. The van der Waals surface area contributed by atoms with Gasteiger partial charge >= 0.3 is 0 Å². The SMILES string of the molecule is c1ccc[nH]cncccncc1. The van der Waals surface area contributed by atoms with E-state index in [-0.39, 0.29) is 0 Å². The number of hydrogen-bond donors (Lipinski definition) is 1. The molecular weight excluding hydrogens is 162 g/mol. The Labute approximate surface area is 77.2 Å². The summed E-state index contributed by atoms with van der Waals surface area (Å²) >= 11 is 0. The summed E-state index contributed by atoms with van der Waals surface area (Å²) in [6.07, 6.45) is 8.43. The van der Waals surface area contributed by atoms with Crippen LogP contribution in [0.2, 0.25) is 0 Å². The van der Waals surface area contributed by atoms with Crippen LogP contribution in [0.3, 0.4) is 0 Å². The number of hydrogen-bond acceptors (Lipinski definition) is 2. The topological polar surface area (TPSA) is 41.6 Å². The maximum absolute atomic E-state index is 3.97. The number of nitrogens with one attached hydrogen (secondary N) is 1. The second kappa shape index (κ2) is 6.79. The van der Waals surface area contributed by atoms with Crippen molar-refractivity contribution in [3.05, 3.63) is 61.4 Å². The summed E-state index contributed by atoms with van der Waals surface area (Å²) < 4.78 is 0. The third-order valence-corrected chi connectivity index (χ3v) is 1.19. The molecule has 3 nitrogen and oxygen atoms in total. The van der Waals surface area contributed by atoms with Crippen LogP contribution in [0.4, 0.5) is 0 Å². The summed E-state index contributed by atoms with van der Waals surface area (Å²) in [7, 11) is 0. The van der Waals surface area contributed by atoms with Gasteiger partial charge < -0.3 is 4.98 Å². The molecule has 0 saturated heterocycles. The van der Waals surface area contributed by atoms with Gasteiger partial charge in [0, 0.05) is 24.8 Å². The van der Waals surface area contributed by atoms with Gasteiger partial charge in [0.15, 0.2) is 0 Å². The van der Waals surface area contributed by atoms with E-state index in [0.717, 1.165) is 0 Å². The molecule has 0 aliphatic heterocycles. The zero-order valence-corrected chi connectivity index (χ0v) is 7.17. The van der Waals surface area contributed by atoms with Gasteiger partial charge in [-0.3, -0.25) is 4.98 Å². The molecule has 13 heavy (non-hydrogen) atoms. The largest absolute Gasteiger partial charge is 0.353 e. The Balaban J connectivity index is 3.02. The molecule has 1 N–H and O–H groups in total. The number of rotatable bonds is 0. The van der Waals surface area contributed by atoms with Crippen LogP contribution in [-0.4, -0.2) is 15.0 Å². The van der Waals surface area contributed by atoms with Crippen molar-refractivity contribution in [2.24, 2.45) is 0 Å².